The largest absolute Gasteiger partial charge is 0.495 e. The quantitative estimate of drug-likeness (QED) is 0.742. The van der Waals surface area contributed by atoms with Crippen molar-refractivity contribution in [3.8, 4) is 5.75 Å². The summed E-state index contributed by atoms with van der Waals surface area (Å²) in [5.74, 6) is 0.659. The van der Waals surface area contributed by atoms with Crippen LogP contribution in [0.25, 0.3) is 0 Å². The molecule has 6 heteroatoms. The van der Waals surface area contributed by atoms with Gasteiger partial charge in [0.1, 0.15) is 5.75 Å². The number of methoxy groups -OCH3 is 2. The van der Waals surface area contributed by atoms with Crippen molar-refractivity contribution in [1.29, 1.82) is 0 Å². The van der Waals surface area contributed by atoms with Gasteiger partial charge in [-0.05, 0) is 50.3 Å². The Labute approximate surface area is 149 Å². The van der Waals surface area contributed by atoms with E-state index < -0.39 is 0 Å². The van der Waals surface area contributed by atoms with Gasteiger partial charge in [0.25, 0.3) is 0 Å². The van der Waals surface area contributed by atoms with Crippen LogP contribution in [0.2, 0.25) is 0 Å². The summed E-state index contributed by atoms with van der Waals surface area (Å²) in [5, 5.41) is 5.85. The van der Waals surface area contributed by atoms with Crippen LogP contribution in [0.3, 0.4) is 0 Å². The van der Waals surface area contributed by atoms with E-state index in [-0.39, 0.29) is 23.7 Å². The Balaban J connectivity index is 1.85. The van der Waals surface area contributed by atoms with E-state index in [2.05, 4.69) is 10.6 Å². The Morgan fingerprint density at radius 3 is 2.32 bits per heavy atom. The number of ether oxygens (including phenoxy) is 2. The standard InChI is InChI=1S/C19H28N2O4/c1-13-4-9-17(25-3)16(12-13)21-19(23)15-7-5-14(6-8-15)18(22)20-10-11-24-2/h4,9,12,14-15H,5-8,10-11H2,1-3H3,(H,20,22)(H,21,23). The number of rotatable bonds is 7. The van der Waals surface area contributed by atoms with Crippen LogP contribution in [-0.4, -0.2) is 39.2 Å². The molecule has 0 heterocycles. The minimum atomic E-state index is -0.0618. The number of anilines is 1. The average molecular weight is 348 g/mol. The molecule has 1 aliphatic carbocycles. The molecule has 2 rings (SSSR count). The van der Waals surface area contributed by atoms with Crippen molar-refractivity contribution >= 4 is 17.5 Å². The summed E-state index contributed by atoms with van der Waals surface area (Å²) in [6, 6.07) is 5.71. The molecule has 1 saturated carbocycles. The number of carbonyl (C=O) groups excluding carboxylic acids is 2. The zero-order valence-electron chi connectivity index (χ0n) is 15.3. The molecule has 1 aromatic carbocycles. The van der Waals surface area contributed by atoms with E-state index in [9.17, 15) is 9.59 Å². The van der Waals surface area contributed by atoms with Crippen molar-refractivity contribution < 1.29 is 19.1 Å². The fourth-order valence-electron chi connectivity index (χ4n) is 3.19. The molecule has 2 amide bonds. The third kappa shape index (κ3) is 5.46. The fourth-order valence-corrected chi connectivity index (χ4v) is 3.19. The van der Waals surface area contributed by atoms with Crippen LogP contribution in [0.15, 0.2) is 18.2 Å². The Morgan fingerprint density at radius 1 is 1.08 bits per heavy atom. The van der Waals surface area contributed by atoms with Gasteiger partial charge in [0.05, 0.1) is 19.4 Å². The topological polar surface area (TPSA) is 76.7 Å². The molecule has 138 valence electrons. The number of carbonyl (C=O) groups is 2. The molecule has 2 N–H and O–H groups in total. The average Bonchev–Trinajstić information content (AvgIpc) is 2.62. The van der Waals surface area contributed by atoms with Crippen LogP contribution in [0, 0.1) is 18.8 Å². The van der Waals surface area contributed by atoms with Crippen LogP contribution >= 0.6 is 0 Å². The predicted molar refractivity (Wildman–Crippen MR) is 96.7 cm³/mol. The van der Waals surface area contributed by atoms with Gasteiger partial charge in [-0.2, -0.15) is 0 Å². The van der Waals surface area contributed by atoms with Gasteiger partial charge in [-0.3, -0.25) is 9.59 Å². The number of hydrogen-bond acceptors (Lipinski definition) is 4. The molecule has 1 fully saturated rings. The number of amides is 2. The van der Waals surface area contributed by atoms with Gasteiger partial charge < -0.3 is 20.1 Å². The van der Waals surface area contributed by atoms with Crippen molar-refractivity contribution in [2.24, 2.45) is 11.8 Å². The van der Waals surface area contributed by atoms with Gasteiger partial charge in [0.15, 0.2) is 0 Å². The molecule has 0 bridgehead atoms. The molecule has 0 radical (unpaired) electrons. The molecule has 1 aliphatic rings. The first kappa shape index (κ1) is 19.2. The van der Waals surface area contributed by atoms with Crippen molar-refractivity contribution in [3.05, 3.63) is 23.8 Å². The summed E-state index contributed by atoms with van der Waals surface area (Å²) in [6.07, 6.45) is 2.92. The number of benzene rings is 1. The maximum Gasteiger partial charge on any atom is 0.227 e. The molecule has 0 spiro atoms. The SMILES string of the molecule is COCCNC(=O)C1CCC(C(=O)Nc2cc(C)ccc2OC)CC1. The maximum atomic E-state index is 12.6. The van der Waals surface area contributed by atoms with Gasteiger partial charge >= 0.3 is 0 Å². The zero-order valence-corrected chi connectivity index (χ0v) is 15.3. The Morgan fingerprint density at radius 2 is 1.72 bits per heavy atom. The second-order valence-corrected chi connectivity index (χ2v) is 6.53. The summed E-state index contributed by atoms with van der Waals surface area (Å²) < 4.78 is 10.2. The highest BCUT2D eigenvalue weighted by atomic mass is 16.5. The molecule has 0 saturated heterocycles. The lowest BCUT2D eigenvalue weighted by Gasteiger charge is -2.27. The van der Waals surface area contributed by atoms with E-state index in [0.29, 0.717) is 24.6 Å². The molecule has 0 aliphatic heterocycles. The van der Waals surface area contributed by atoms with Gasteiger partial charge in [0, 0.05) is 25.5 Å². The highest BCUT2D eigenvalue weighted by Gasteiger charge is 2.30. The Kier molecular flexibility index (Phi) is 7.25. The minimum absolute atomic E-state index is 0.00198. The normalized spacial score (nSPS) is 20.0. The molecule has 1 aromatic rings. The predicted octanol–water partition coefficient (Wildman–Crippen LogP) is 2.51. The summed E-state index contributed by atoms with van der Waals surface area (Å²) in [7, 11) is 3.20. The second kappa shape index (κ2) is 9.42. The highest BCUT2D eigenvalue weighted by molar-refractivity contribution is 5.94. The van der Waals surface area contributed by atoms with E-state index in [1.54, 1.807) is 14.2 Å². The number of aryl methyl sites for hydroxylation is 1. The van der Waals surface area contributed by atoms with Gasteiger partial charge in [0.2, 0.25) is 11.8 Å². The lowest BCUT2D eigenvalue weighted by Crippen LogP contribution is -2.36. The third-order valence-corrected chi connectivity index (χ3v) is 4.69. The molecule has 0 atom stereocenters. The van der Waals surface area contributed by atoms with Crippen molar-refractivity contribution in [1.82, 2.24) is 5.32 Å². The Hall–Kier alpha value is -2.08. The first-order valence-electron chi connectivity index (χ1n) is 8.77. The number of hydrogen-bond donors (Lipinski definition) is 2. The van der Waals surface area contributed by atoms with Gasteiger partial charge in [-0.25, -0.2) is 0 Å². The number of nitrogens with one attached hydrogen (secondary N) is 2. The molecule has 0 aromatic heterocycles. The van der Waals surface area contributed by atoms with Crippen LogP contribution < -0.4 is 15.4 Å². The van der Waals surface area contributed by atoms with Crippen molar-refractivity contribution in [3.63, 3.8) is 0 Å². The van der Waals surface area contributed by atoms with Crippen LogP contribution in [0.4, 0.5) is 5.69 Å². The molecule has 6 nitrogen and oxygen atoms in total. The monoisotopic (exact) mass is 348 g/mol. The van der Waals surface area contributed by atoms with Crippen LogP contribution in [0.5, 0.6) is 5.75 Å². The van der Waals surface area contributed by atoms with E-state index in [1.807, 2.05) is 25.1 Å². The summed E-state index contributed by atoms with van der Waals surface area (Å²) >= 11 is 0. The van der Waals surface area contributed by atoms with E-state index in [4.69, 9.17) is 9.47 Å². The van der Waals surface area contributed by atoms with Gasteiger partial charge in [-0.1, -0.05) is 6.07 Å². The maximum absolute atomic E-state index is 12.6. The summed E-state index contributed by atoms with van der Waals surface area (Å²) in [6.45, 7) is 3.02. The lowest BCUT2D eigenvalue weighted by atomic mass is 9.81. The zero-order chi connectivity index (χ0) is 18.2. The molecule has 25 heavy (non-hydrogen) atoms. The molecular formula is C19H28N2O4. The minimum Gasteiger partial charge on any atom is -0.495 e. The van der Waals surface area contributed by atoms with Crippen LogP contribution in [-0.2, 0) is 14.3 Å². The second-order valence-electron chi connectivity index (χ2n) is 6.53. The lowest BCUT2D eigenvalue weighted by molar-refractivity contribution is -0.128. The first-order valence-corrected chi connectivity index (χ1v) is 8.77. The first-order chi connectivity index (χ1) is 12.0. The molecular weight excluding hydrogens is 320 g/mol. The smallest absolute Gasteiger partial charge is 0.227 e. The van der Waals surface area contributed by atoms with E-state index in [1.165, 1.54) is 0 Å². The third-order valence-electron chi connectivity index (χ3n) is 4.69. The van der Waals surface area contributed by atoms with Crippen LogP contribution in [0.1, 0.15) is 31.2 Å². The summed E-state index contributed by atoms with van der Waals surface area (Å²) in [5.41, 5.74) is 1.76. The van der Waals surface area contributed by atoms with Crippen molar-refractivity contribution in [2.75, 3.05) is 32.7 Å². The van der Waals surface area contributed by atoms with E-state index >= 15 is 0 Å². The molecule has 0 unspecified atom stereocenters. The van der Waals surface area contributed by atoms with Crippen molar-refractivity contribution in [2.45, 2.75) is 32.6 Å². The fraction of sp³-hybridized carbons (Fsp3) is 0.579. The van der Waals surface area contributed by atoms with Gasteiger partial charge in [-0.15, -0.1) is 0 Å². The van der Waals surface area contributed by atoms with E-state index in [0.717, 1.165) is 31.2 Å². The summed E-state index contributed by atoms with van der Waals surface area (Å²) in [4.78, 5) is 24.6. The Bertz CT molecular complexity index is 595. The highest BCUT2D eigenvalue weighted by Crippen LogP contribution is 2.31.